The van der Waals surface area contributed by atoms with E-state index < -0.39 is 0 Å². The first-order valence-corrected chi connectivity index (χ1v) is 7.33. The van der Waals surface area contributed by atoms with Gasteiger partial charge in [0.2, 0.25) is 0 Å². The number of aryl methyl sites for hydroxylation is 2. The lowest BCUT2D eigenvalue weighted by Crippen LogP contribution is -2.37. The summed E-state index contributed by atoms with van der Waals surface area (Å²) in [7, 11) is 0. The Morgan fingerprint density at radius 3 is 2.84 bits per heavy atom. The van der Waals surface area contributed by atoms with E-state index in [1.807, 2.05) is 0 Å². The number of nitrogens with zero attached hydrogens (tertiary/aromatic N) is 2. The Hall–Kier alpha value is -1.35. The van der Waals surface area contributed by atoms with Crippen molar-refractivity contribution in [2.75, 3.05) is 6.54 Å². The van der Waals surface area contributed by atoms with E-state index in [0.717, 1.165) is 17.9 Å². The highest BCUT2D eigenvalue weighted by Crippen LogP contribution is 2.21. The summed E-state index contributed by atoms with van der Waals surface area (Å²) in [4.78, 5) is 10.8. The van der Waals surface area contributed by atoms with Crippen LogP contribution in [0.5, 0.6) is 0 Å². The molecule has 0 spiro atoms. The van der Waals surface area contributed by atoms with Crippen LogP contribution in [-0.4, -0.2) is 27.5 Å². The summed E-state index contributed by atoms with van der Waals surface area (Å²) >= 11 is 0. The van der Waals surface area contributed by atoms with Gasteiger partial charge in [0.1, 0.15) is 5.82 Å². The SMILES string of the molecule is Cc1cc2nc(CN3CCCCC3C)[nH]c2cc1C. The van der Waals surface area contributed by atoms with Crippen LogP contribution in [0.3, 0.4) is 0 Å². The third kappa shape index (κ3) is 2.52. The highest BCUT2D eigenvalue weighted by atomic mass is 15.2. The normalized spacial score (nSPS) is 21.1. The van der Waals surface area contributed by atoms with Gasteiger partial charge in [0.25, 0.3) is 0 Å². The number of hydrogen-bond acceptors (Lipinski definition) is 2. The molecule has 1 aliphatic rings. The minimum Gasteiger partial charge on any atom is -0.341 e. The Morgan fingerprint density at radius 1 is 1.26 bits per heavy atom. The molecular weight excluding hydrogens is 234 g/mol. The summed E-state index contributed by atoms with van der Waals surface area (Å²) in [6.45, 7) is 8.79. The molecule has 0 amide bonds. The van der Waals surface area contributed by atoms with Gasteiger partial charge in [-0.1, -0.05) is 6.42 Å². The number of rotatable bonds is 2. The number of piperidine rings is 1. The van der Waals surface area contributed by atoms with Gasteiger partial charge in [-0.25, -0.2) is 4.98 Å². The second-order valence-corrected chi connectivity index (χ2v) is 5.95. The quantitative estimate of drug-likeness (QED) is 0.892. The molecule has 3 rings (SSSR count). The Labute approximate surface area is 115 Å². The van der Waals surface area contributed by atoms with Crippen LogP contribution in [0.25, 0.3) is 11.0 Å². The maximum atomic E-state index is 4.75. The van der Waals surface area contributed by atoms with Gasteiger partial charge in [0.05, 0.1) is 17.6 Å². The summed E-state index contributed by atoms with van der Waals surface area (Å²) in [6.07, 6.45) is 4.01. The number of nitrogens with one attached hydrogen (secondary N) is 1. The molecule has 1 saturated heterocycles. The van der Waals surface area contributed by atoms with Crippen molar-refractivity contribution in [2.24, 2.45) is 0 Å². The predicted molar refractivity (Wildman–Crippen MR) is 79.3 cm³/mol. The number of aromatic nitrogens is 2. The van der Waals surface area contributed by atoms with E-state index in [-0.39, 0.29) is 0 Å². The van der Waals surface area contributed by atoms with Gasteiger partial charge in [0.15, 0.2) is 0 Å². The molecular formula is C16H23N3. The largest absolute Gasteiger partial charge is 0.341 e. The van der Waals surface area contributed by atoms with Gasteiger partial charge in [0, 0.05) is 6.04 Å². The Bertz CT molecular complexity index is 546. The second kappa shape index (κ2) is 4.97. The fraction of sp³-hybridized carbons (Fsp3) is 0.562. The van der Waals surface area contributed by atoms with Gasteiger partial charge in [-0.05, 0) is 63.4 Å². The summed E-state index contributed by atoms with van der Waals surface area (Å²) in [6, 6.07) is 5.08. The fourth-order valence-electron chi connectivity index (χ4n) is 2.98. The molecule has 0 aliphatic carbocycles. The minimum atomic E-state index is 0.686. The third-order valence-electron chi connectivity index (χ3n) is 4.44. The first kappa shape index (κ1) is 12.7. The van der Waals surface area contributed by atoms with E-state index in [1.165, 1.54) is 42.5 Å². The number of aromatic amines is 1. The monoisotopic (exact) mass is 257 g/mol. The van der Waals surface area contributed by atoms with Crippen molar-refractivity contribution in [3.05, 3.63) is 29.1 Å². The van der Waals surface area contributed by atoms with E-state index >= 15 is 0 Å². The minimum absolute atomic E-state index is 0.686. The van der Waals surface area contributed by atoms with Crippen LogP contribution < -0.4 is 0 Å². The molecule has 3 heteroatoms. The zero-order valence-electron chi connectivity index (χ0n) is 12.2. The number of hydrogen-bond donors (Lipinski definition) is 1. The molecule has 1 unspecified atom stereocenters. The predicted octanol–water partition coefficient (Wildman–Crippen LogP) is 3.55. The first-order chi connectivity index (χ1) is 9.13. The number of H-pyrrole nitrogens is 1. The number of imidazole rings is 1. The molecule has 1 N–H and O–H groups in total. The molecule has 1 aliphatic heterocycles. The maximum Gasteiger partial charge on any atom is 0.121 e. The molecule has 3 nitrogen and oxygen atoms in total. The van der Waals surface area contributed by atoms with Crippen molar-refractivity contribution in [3.63, 3.8) is 0 Å². The van der Waals surface area contributed by atoms with Gasteiger partial charge in [-0.3, -0.25) is 4.90 Å². The van der Waals surface area contributed by atoms with E-state index in [1.54, 1.807) is 0 Å². The molecule has 1 fully saturated rings. The molecule has 102 valence electrons. The highest BCUT2D eigenvalue weighted by molar-refractivity contribution is 5.77. The van der Waals surface area contributed by atoms with Crippen LogP contribution in [0.4, 0.5) is 0 Å². The lowest BCUT2D eigenvalue weighted by molar-refractivity contribution is 0.149. The van der Waals surface area contributed by atoms with E-state index in [0.29, 0.717) is 6.04 Å². The van der Waals surface area contributed by atoms with Crippen LogP contribution in [0.2, 0.25) is 0 Å². The molecule has 0 saturated carbocycles. The lowest BCUT2D eigenvalue weighted by Gasteiger charge is -2.32. The van der Waals surface area contributed by atoms with Gasteiger partial charge in [-0.15, -0.1) is 0 Å². The van der Waals surface area contributed by atoms with E-state index in [9.17, 15) is 0 Å². The average molecular weight is 257 g/mol. The molecule has 0 bridgehead atoms. The molecule has 19 heavy (non-hydrogen) atoms. The van der Waals surface area contributed by atoms with Crippen molar-refractivity contribution in [1.82, 2.24) is 14.9 Å². The van der Waals surface area contributed by atoms with E-state index in [2.05, 4.69) is 42.8 Å². The van der Waals surface area contributed by atoms with Crippen LogP contribution >= 0.6 is 0 Å². The van der Waals surface area contributed by atoms with Crippen molar-refractivity contribution in [3.8, 4) is 0 Å². The third-order valence-corrected chi connectivity index (χ3v) is 4.44. The summed E-state index contributed by atoms with van der Waals surface area (Å²) in [5, 5.41) is 0. The maximum absolute atomic E-state index is 4.75. The summed E-state index contributed by atoms with van der Waals surface area (Å²) < 4.78 is 0. The van der Waals surface area contributed by atoms with Crippen LogP contribution in [0.15, 0.2) is 12.1 Å². The number of likely N-dealkylation sites (tertiary alicyclic amines) is 1. The standard InChI is InChI=1S/C16H23N3/c1-11-8-14-15(9-12(11)2)18-16(17-14)10-19-7-5-4-6-13(19)3/h8-9,13H,4-7,10H2,1-3H3,(H,17,18). The summed E-state index contributed by atoms with van der Waals surface area (Å²) in [5.41, 5.74) is 4.91. The summed E-state index contributed by atoms with van der Waals surface area (Å²) in [5.74, 6) is 1.11. The molecule has 2 aromatic rings. The van der Waals surface area contributed by atoms with Gasteiger partial charge in [-0.2, -0.15) is 0 Å². The molecule has 1 aromatic heterocycles. The van der Waals surface area contributed by atoms with Gasteiger partial charge < -0.3 is 4.98 Å². The van der Waals surface area contributed by atoms with Gasteiger partial charge >= 0.3 is 0 Å². The van der Waals surface area contributed by atoms with Crippen LogP contribution in [0, 0.1) is 13.8 Å². The number of benzene rings is 1. The smallest absolute Gasteiger partial charge is 0.121 e. The van der Waals surface area contributed by atoms with Crippen molar-refractivity contribution in [2.45, 2.75) is 52.6 Å². The number of fused-ring (bicyclic) bond motifs is 1. The molecule has 1 atom stereocenters. The molecule has 0 radical (unpaired) electrons. The average Bonchev–Trinajstić information content (AvgIpc) is 2.74. The van der Waals surface area contributed by atoms with E-state index in [4.69, 9.17) is 4.98 Å². The van der Waals surface area contributed by atoms with Crippen LogP contribution in [-0.2, 0) is 6.54 Å². The second-order valence-electron chi connectivity index (χ2n) is 5.95. The Balaban J connectivity index is 1.85. The first-order valence-electron chi connectivity index (χ1n) is 7.33. The van der Waals surface area contributed by atoms with Crippen LogP contribution in [0.1, 0.15) is 43.1 Å². The highest BCUT2D eigenvalue weighted by Gasteiger charge is 2.19. The molecule has 1 aromatic carbocycles. The lowest BCUT2D eigenvalue weighted by atomic mass is 10.0. The van der Waals surface area contributed by atoms with Crippen molar-refractivity contribution < 1.29 is 0 Å². The Morgan fingerprint density at radius 2 is 2.05 bits per heavy atom. The zero-order chi connectivity index (χ0) is 13.4. The van der Waals surface area contributed by atoms with Crippen molar-refractivity contribution >= 4 is 11.0 Å². The topological polar surface area (TPSA) is 31.9 Å². The Kier molecular flexibility index (Phi) is 3.31. The fourth-order valence-corrected chi connectivity index (χ4v) is 2.98. The zero-order valence-corrected chi connectivity index (χ0v) is 12.2. The van der Waals surface area contributed by atoms with Crippen molar-refractivity contribution in [1.29, 1.82) is 0 Å². The molecule has 2 heterocycles.